The van der Waals surface area contributed by atoms with Gasteiger partial charge in [0.2, 0.25) is 0 Å². The van der Waals surface area contributed by atoms with Crippen molar-refractivity contribution in [1.29, 1.82) is 0 Å². The van der Waals surface area contributed by atoms with Crippen LogP contribution in [0.15, 0.2) is 5.38 Å². The van der Waals surface area contributed by atoms with Crippen LogP contribution >= 0.6 is 11.3 Å². The number of thiazole rings is 1. The van der Waals surface area contributed by atoms with E-state index in [9.17, 15) is 0 Å². The molecular formula is C13H23N3S. The Morgan fingerprint density at radius 1 is 1.59 bits per heavy atom. The molecular weight excluding hydrogens is 230 g/mol. The number of aromatic nitrogens is 1. The molecule has 0 amide bonds. The van der Waals surface area contributed by atoms with Crippen LogP contribution in [0.3, 0.4) is 0 Å². The van der Waals surface area contributed by atoms with Gasteiger partial charge in [-0.2, -0.15) is 0 Å². The Hall–Kier alpha value is -0.450. The van der Waals surface area contributed by atoms with Gasteiger partial charge in [0, 0.05) is 5.38 Å². The van der Waals surface area contributed by atoms with Gasteiger partial charge in [0.05, 0.1) is 11.2 Å². The summed E-state index contributed by atoms with van der Waals surface area (Å²) in [6.45, 7) is 8.85. The number of hydrogen-bond donors (Lipinski definition) is 2. The molecule has 1 aliphatic rings. The molecule has 0 aliphatic carbocycles. The lowest BCUT2D eigenvalue weighted by atomic mass is 9.80. The Bertz CT molecular complexity index is 374. The maximum atomic E-state index is 4.86. The van der Waals surface area contributed by atoms with E-state index in [-0.39, 0.29) is 5.54 Å². The van der Waals surface area contributed by atoms with Crippen molar-refractivity contribution >= 4 is 11.3 Å². The molecule has 2 atom stereocenters. The van der Waals surface area contributed by atoms with Gasteiger partial charge in [0.25, 0.3) is 0 Å². The Morgan fingerprint density at radius 3 is 2.88 bits per heavy atom. The van der Waals surface area contributed by atoms with Crippen LogP contribution in [-0.4, -0.2) is 25.1 Å². The van der Waals surface area contributed by atoms with Crippen LogP contribution in [-0.2, 0) is 5.54 Å². The Morgan fingerprint density at radius 2 is 2.35 bits per heavy atom. The minimum absolute atomic E-state index is 0.0725. The maximum Gasteiger partial charge on any atom is 0.113 e. The fourth-order valence-electron chi connectivity index (χ4n) is 2.58. The third-order valence-electron chi connectivity index (χ3n) is 3.93. The topological polar surface area (TPSA) is 37.0 Å². The van der Waals surface area contributed by atoms with E-state index in [1.165, 1.54) is 10.7 Å². The molecule has 2 unspecified atom stereocenters. The van der Waals surface area contributed by atoms with Gasteiger partial charge in [-0.3, -0.25) is 0 Å². The van der Waals surface area contributed by atoms with E-state index in [1.807, 2.05) is 11.3 Å². The van der Waals surface area contributed by atoms with E-state index in [1.54, 1.807) is 0 Å². The molecule has 3 nitrogen and oxygen atoms in total. The van der Waals surface area contributed by atoms with Gasteiger partial charge < -0.3 is 10.6 Å². The molecule has 1 saturated heterocycles. The minimum atomic E-state index is 0.0725. The molecule has 1 fully saturated rings. The highest BCUT2D eigenvalue weighted by atomic mass is 32.1. The molecule has 2 rings (SSSR count). The number of nitrogens with zero attached hydrogens (tertiary/aromatic N) is 1. The number of piperidine rings is 1. The predicted molar refractivity (Wildman–Crippen MR) is 73.6 cm³/mol. The summed E-state index contributed by atoms with van der Waals surface area (Å²) in [6.07, 6.45) is 1.12. The summed E-state index contributed by atoms with van der Waals surface area (Å²) in [6, 6.07) is 0. The van der Waals surface area contributed by atoms with Crippen LogP contribution in [0.2, 0.25) is 0 Å². The Kier molecular flexibility index (Phi) is 3.85. The second-order valence-corrected chi connectivity index (χ2v) is 6.17. The molecule has 0 bridgehead atoms. The summed E-state index contributed by atoms with van der Waals surface area (Å²) in [5, 5.41) is 10.5. The zero-order valence-corrected chi connectivity index (χ0v) is 12.0. The first-order valence-corrected chi connectivity index (χ1v) is 7.33. The fourth-order valence-corrected chi connectivity index (χ4v) is 3.91. The zero-order chi connectivity index (χ0) is 12.5. The monoisotopic (exact) mass is 253 g/mol. The number of hydrogen-bond acceptors (Lipinski definition) is 4. The highest BCUT2D eigenvalue weighted by molar-refractivity contribution is 7.09. The number of nitrogens with one attached hydrogen (secondary N) is 2. The first kappa shape index (κ1) is 13.0. The van der Waals surface area contributed by atoms with E-state index in [0.717, 1.165) is 19.5 Å². The van der Waals surface area contributed by atoms with E-state index in [4.69, 9.17) is 4.98 Å². The van der Waals surface area contributed by atoms with Gasteiger partial charge in [-0.25, -0.2) is 4.98 Å². The quantitative estimate of drug-likeness (QED) is 0.868. The average molecular weight is 253 g/mol. The minimum Gasteiger partial charge on any atom is -0.316 e. The van der Waals surface area contributed by atoms with Crippen molar-refractivity contribution in [2.24, 2.45) is 5.92 Å². The molecule has 1 aliphatic heterocycles. The fraction of sp³-hybridized carbons (Fsp3) is 0.769. The molecule has 0 radical (unpaired) electrons. The third kappa shape index (κ3) is 2.26. The van der Waals surface area contributed by atoms with Crippen molar-refractivity contribution in [1.82, 2.24) is 15.6 Å². The summed E-state index contributed by atoms with van der Waals surface area (Å²) in [5.74, 6) is 1.10. The molecule has 17 heavy (non-hydrogen) atoms. The molecule has 1 aromatic heterocycles. The summed E-state index contributed by atoms with van der Waals surface area (Å²) in [5.41, 5.74) is 1.30. The third-order valence-corrected chi connectivity index (χ3v) is 4.97. The number of rotatable bonds is 3. The molecule has 2 heterocycles. The van der Waals surface area contributed by atoms with Crippen LogP contribution < -0.4 is 10.6 Å². The highest BCUT2D eigenvalue weighted by Crippen LogP contribution is 2.37. The van der Waals surface area contributed by atoms with Crippen LogP contribution in [0.1, 0.15) is 43.8 Å². The predicted octanol–water partition coefficient (Wildman–Crippen LogP) is 2.31. The Balaban J connectivity index is 2.32. The smallest absolute Gasteiger partial charge is 0.113 e. The van der Waals surface area contributed by atoms with Gasteiger partial charge in [-0.15, -0.1) is 11.3 Å². The van der Waals surface area contributed by atoms with E-state index in [2.05, 4.69) is 43.8 Å². The molecule has 1 aromatic rings. The molecule has 0 aromatic carbocycles. The maximum absolute atomic E-state index is 4.86. The second-order valence-electron chi connectivity index (χ2n) is 5.31. The summed E-state index contributed by atoms with van der Waals surface area (Å²) in [7, 11) is 2.07. The van der Waals surface area contributed by atoms with Crippen molar-refractivity contribution in [2.75, 3.05) is 20.1 Å². The SMILES string of the molecule is CNC1(c2nc(C(C)C)cs2)CCNCC1C. The summed E-state index contributed by atoms with van der Waals surface area (Å²) in [4.78, 5) is 4.86. The van der Waals surface area contributed by atoms with Gasteiger partial charge in [-0.05, 0) is 38.4 Å². The van der Waals surface area contributed by atoms with E-state index in [0.29, 0.717) is 11.8 Å². The van der Waals surface area contributed by atoms with Gasteiger partial charge in [0.1, 0.15) is 5.01 Å². The van der Waals surface area contributed by atoms with E-state index >= 15 is 0 Å². The van der Waals surface area contributed by atoms with Crippen molar-refractivity contribution in [3.8, 4) is 0 Å². The molecule has 0 saturated carbocycles. The van der Waals surface area contributed by atoms with Crippen molar-refractivity contribution in [2.45, 2.75) is 38.6 Å². The van der Waals surface area contributed by atoms with Crippen LogP contribution in [0, 0.1) is 5.92 Å². The Labute approximate surface area is 108 Å². The lowest BCUT2D eigenvalue weighted by molar-refractivity contribution is 0.179. The molecule has 2 N–H and O–H groups in total. The molecule has 0 spiro atoms. The normalized spacial score (nSPS) is 29.8. The lowest BCUT2D eigenvalue weighted by Gasteiger charge is -2.41. The van der Waals surface area contributed by atoms with Gasteiger partial charge >= 0.3 is 0 Å². The zero-order valence-electron chi connectivity index (χ0n) is 11.2. The summed E-state index contributed by atoms with van der Waals surface area (Å²) >= 11 is 1.81. The second kappa shape index (κ2) is 5.04. The van der Waals surface area contributed by atoms with Crippen molar-refractivity contribution in [3.63, 3.8) is 0 Å². The van der Waals surface area contributed by atoms with Crippen molar-refractivity contribution < 1.29 is 0 Å². The highest BCUT2D eigenvalue weighted by Gasteiger charge is 2.40. The van der Waals surface area contributed by atoms with Gasteiger partial charge in [-0.1, -0.05) is 20.8 Å². The van der Waals surface area contributed by atoms with E-state index < -0.39 is 0 Å². The largest absolute Gasteiger partial charge is 0.316 e. The average Bonchev–Trinajstić information content (AvgIpc) is 2.80. The van der Waals surface area contributed by atoms with Gasteiger partial charge in [0.15, 0.2) is 0 Å². The van der Waals surface area contributed by atoms with Crippen LogP contribution in [0.25, 0.3) is 0 Å². The van der Waals surface area contributed by atoms with Crippen molar-refractivity contribution in [3.05, 3.63) is 16.1 Å². The van der Waals surface area contributed by atoms with Crippen LogP contribution in [0.4, 0.5) is 0 Å². The molecule has 4 heteroatoms. The first-order chi connectivity index (χ1) is 8.10. The lowest BCUT2D eigenvalue weighted by Crippen LogP contribution is -2.54. The first-order valence-electron chi connectivity index (χ1n) is 6.45. The standard InChI is InChI=1S/C13H23N3S/c1-9(2)11-8-17-12(16-11)13(14-4)5-6-15-7-10(13)3/h8-10,14-15H,5-7H2,1-4H3. The summed E-state index contributed by atoms with van der Waals surface area (Å²) < 4.78 is 0. The molecule has 96 valence electrons. The van der Waals surface area contributed by atoms with Crippen LogP contribution in [0.5, 0.6) is 0 Å².